The summed E-state index contributed by atoms with van der Waals surface area (Å²) in [5.74, 6) is 1.73. The quantitative estimate of drug-likeness (QED) is 0.635. The Morgan fingerprint density at radius 2 is 1.76 bits per heavy atom. The Balaban J connectivity index is 1.78. The second kappa shape index (κ2) is 10.1. The van der Waals surface area contributed by atoms with Crippen LogP contribution in [0.25, 0.3) is 0 Å². The van der Waals surface area contributed by atoms with E-state index in [4.69, 9.17) is 14.2 Å². The highest BCUT2D eigenvalue weighted by Crippen LogP contribution is 2.25. The van der Waals surface area contributed by atoms with E-state index in [0.717, 1.165) is 13.0 Å². The van der Waals surface area contributed by atoms with Gasteiger partial charge in [0.25, 0.3) is 5.91 Å². The van der Waals surface area contributed by atoms with E-state index in [0.29, 0.717) is 29.7 Å². The van der Waals surface area contributed by atoms with Gasteiger partial charge in [-0.05, 0) is 30.7 Å². The second-order valence-corrected chi connectivity index (χ2v) is 5.06. The van der Waals surface area contributed by atoms with Gasteiger partial charge in [-0.1, -0.05) is 12.1 Å². The van der Waals surface area contributed by atoms with E-state index in [1.54, 1.807) is 44.6 Å². The number of ether oxygens (including phenoxy) is 3. The number of aromatic nitrogens is 2. The summed E-state index contributed by atoms with van der Waals surface area (Å²) in [4.78, 5) is 11.9. The Morgan fingerprint density at radius 3 is 2.44 bits per heavy atom. The standard InChI is InChI=1S/C17H22N4O4/c1-23-11-5-10-18-15-8-9-16(21-20-15)19-17(22)12-25-14-7-4-3-6-13(14)24-2/h3-4,6-9H,5,10-12H2,1-2H3,(H,18,20)(H,19,21,22). The van der Waals surface area contributed by atoms with E-state index in [-0.39, 0.29) is 12.5 Å². The van der Waals surface area contributed by atoms with Crippen molar-refractivity contribution in [2.45, 2.75) is 6.42 Å². The van der Waals surface area contributed by atoms with Crippen LogP contribution in [-0.2, 0) is 9.53 Å². The molecule has 0 fully saturated rings. The fourth-order valence-electron chi connectivity index (χ4n) is 1.99. The van der Waals surface area contributed by atoms with Crippen LogP contribution in [0, 0.1) is 0 Å². The fourth-order valence-corrected chi connectivity index (χ4v) is 1.99. The summed E-state index contributed by atoms with van der Waals surface area (Å²) in [6, 6.07) is 10.5. The lowest BCUT2D eigenvalue weighted by molar-refractivity contribution is -0.118. The highest BCUT2D eigenvalue weighted by atomic mass is 16.5. The van der Waals surface area contributed by atoms with Gasteiger partial charge >= 0.3 is 0 Å². The molecule has 0 radical (unpaired) electrons. The first kappa shape index (κ1) is 18.5. The van der Waals surface area contributed by atoms with Gasteiger partial charge < -0.3 is 24.8 Å². The molecule has 1 heterocycles. The van der Waals surface area contributed by atoms with Gasteiger partial charge in [0, 0.05) is 20.3 Å². The molecule has 1 aromatic carbocycles. The number of hydrogen-bond donors (Lipinski definition) is 2. The van der Waals surface area contributed by atoms with Gasteiger partial charge in [-0.25, -0.2) is 0 Å². The molecule has 1 amide bonds. The zero-order chi connectivity index (χ0) is 17.9. The molecule has 1 aromatic heterocycles. The number of carbonyl (C=O) groups excluding carboxylic acids is 1. The predicted molar refractivity (Wildman–Crippen MR) is 94.1 cm³/mol. The zero-order valence-electron chi connectivity index (χ0n) is 14.3. The van der Waals surface area contributed by atoms with Gasteiger partial charge in [-0.2, -0.15) is 0 Å². The summed E-state index contributed by atoms with van der Waals surface area (Å²) in [6.07, 6.45) is 0.872. The number of anilines is 2. The first-order chi connectivity index (χ1) is 12.2. The average molecular weight is 346 g/mol. The van der Waals surface area contributed by atoms with Crippen molar-refractivity contribution < 1.29 is 19.0 Å². The Hall–Kier alpha value is -2.87. The topological polar surface area (TPSA) is 94.6 Å². The smallest absolute Gasteiger partial charge is 0.263 e. The summed E-state index contributed by atoms with van der Waals surface area (Å²) >= 11 is 0. The number of methoxy groups -OCH3 is 2. The minimum atomic E-state index is -0.332. The number of nitrogens with one attached hydrogen (secondary N) is 2. The van der Waals surface area contributed by atoms with Crippen LogP contribution in [0.1, 0.15) is 6.42 Å². The Kier molecular flexibility index (Phi) is 7.45. The van der Waals surface area contributed by atoms with Crippen molar-refractivity contribution in [2.24, 2.45) is 0 Å². The summed E-state index contributed by atoms with van der Waals surface area (Å²) in [5.41, 5.74) is 0. The molecular weight excluding hydrogens is 324 g/mol. The van der Waals surface area contributed by atoms with Crippen LogP contribution in [0.3, 0.4) is 0 Å². The lowest BCUT2D eigenvalue weighted by atomic mass is 10.3. The van der Waals surface area contributed by atoms with Crippen molar-refractivity contribution in [2.75, 3.05) is 44.6 Å². The molecule has 0 bridgehead atoms. The lowest BCUT2D eigenvalue weighted by Gasteiger charge is -2.10. The summed E-state index contributed by atoms with van der Waals surface area (Å²) in [7, 11) is 3.21. The lowest BCUT2D eigenvalue weighted by Crippen LogP contribution is -2.21. The monoisotopic (exact) mass is 346 g/mol. The molecule has 8 nitrogen and oxygen atoms in total. The van der Waals surface area contributed by atoms with Gasteiger partial charge in [0.1, 0.15) is 5.82 Å². The van der Waals surface area contributed by atoms with Crippen molar-refractivity contribution in [3.8, 4) is 11.5 Å². The van der Waals surface area contributed by atoms with Crippen LogP contribution in [0.4, 0.5) is 11.6 Å². The van der Waals surface area contributed by atoms with E-state index >= 15 is 0 Å². The molecule has 0 spiro atoms. The summed E-state index contributed by atoms with van der Waals surface area (Å²) < 4.78 is 15.6. The number of amides is 1. The molecule has 8 heteroatoms. The molecule has 0 saturated carbocycles. The average Bonchev–Trinajstić information content (AvgIpc) is 2.65. The molecule has 134 valence electrons. The van der Waals surface area contributed by atoms with Crippen LogP contribution in [-0.4, -0.2) is 50.1 Å². The van der Waals surface area contributed by atoms with Crippen molar-refractivity contribution >= 4 is 17.5 Å². The zero-order valence-corrected chi connectivity index (χ0v) is 14.3. The van der Waals surface area contributed by atoms with Crippen LogP contribution >= 0.6 is 0 Å². The fraction of sp³-hybridized carbons (Fsp3) is 0.353. The van der Waals surface area contributed by atoms with Crippen molar-refractivity contribution in [3.63, 3.8) is 0 Å². The van der Waals surface area contributed by atoms with E-state index in [9.17, 15) is 4.79 Å². The van der Waals surface area contributed by atoms with Crippen LogP contribution < -0.4 is 20.1 Å². The third-order valence-corrected chi connectivity index (χ3v) is 3.19. The Morgan fingerprint density at radius 1 is 1.04 bits per heavy atom. The van der Waals surface area contributed by atoms with E-state index in [1.807, 2.05) is 6.07 Å². The number of carbonyl (C=O) groups is 1. The van der Waals surface area contributed by atoms with Gasteiger partial charge in [-0.3, -0.25) is 4.79 Å². The van der Waals surface area contributed by atoms with Gasteiger partial charge in [0.05, 0.1) is 7.11 Å². The molecule has 0 unspecified atom stereocenters. The third kappa shape index (κ3) is 6.27. The first-order valence-electron chi connectivity index (χ1n) is 7.85. The molecule has 0 saturated heterocycles. The number of rotatable bonds is 10. The van der Waals surface area contributed by atoms with Crippen molar-refractivity contribution in [1.29, 1.82) is 0 Å². The van der Waals surface area contributed by atoms with Gasteiger partial charge in [0.2, 0.25) is 0 Å². The molecule has 0 aliphatic carbocycles. The number of nitrogens with zero attached hydrogens (tertiary/aromatic N) is 2. The van der Waals surface area contributed by atoms with Gasteiger partial charge in [0.15, 0.2) is 23.9 Å². The number of para-hydroxylation sites is 2. The Bertz CT molecular complexity index is 664. The molecular formula is C17H22N4O4. The maximum absolute atomic E-state index is 11.9. The van der Waals surface area contributed by atoms with Crippen LogP contribution in [0.2, 0.25) is 0 Å². The molecule has 2 N–H and O–H groups in total. The maximum Gasteiger partial charge on any atom is 0.263 e. The number of benzene rings is 1. The minimum absolute atomic E-state index is 0.154. The Labute approximate surface area is 146 Å². The van der Waals surface area contributed by atoms with Gasteiger partial charge in [-0.15, -0.1) is 10.2 Å². The minimum Gasteiger partial charge on any atom is -0.493 e. The summed E-state index contributed by atoms with van der Waals surface area (Å²) in [5, 5.41) is 13.7. The highest BCUT2D eigenvalue weighted by Gasteiger charge is 2.08. The molecule has 0 aliphatic heterocycles. The van der Waals surface area contributed by atoms with Crippen molar-refractivity contribution in [3.05, 3.63) is 36.4 Å². The third-order valence-electron chi connectivity index (χ3n) is 3.19. The first-order valence-corrected chi connectivity index (χ1v) is 7.85. The molecule has 0 aliphatic rings. The van der Waals surface area contributed by atoms with E-state index in [1.165, 1.54) is 0 Å². The molecule has 2 rings (SSSR count). The SMILES string of the molecule is COCCCNc1ccc(NC(=O)COc2ccccc2OC)nn1. The maximum atomic E-state index is 11.9. The highest BCUT2D eigenvalue weighted by molar-refractivity contribution is 5.90. The normalized spacial score (nSPS) is 10.2. The van der Waals surface area contributed by atoms with Crippen molar-refractivity contribution in [1.82, 2.24) is 10.2 Å². The number of hydrogen-bond acceptors (Lipinski definition) is 7. The molecule has 0 atom stereocenters. The second-order valence-electron chi connectivity index (χ2n) is 5.06. The van der Waals surface area contributed by atoms with Crippen LogP contribution in [0.5, 0.6) is 11.5 Å². The van der Waals surface area contributed by atoms with Crippen LogP contribution in [0.15, 0.2) is 36.4 Å². The van der Waals surface area contributed by atoms with E-state index in [2.05, 4.69) is 20.8 Å². The summed E-state index contributed by atoms with van der Waals surface area (Å²) in [6.45, 7) is 1.26. The molecule has 2 aromatic rings. The largest absolute Gasteiger partial charge is 0.493 e. The van der Waals surface area contributed by atoms with E-state index < -0.39 is 0 Å². The predicted octanol–water partition coefficient (Wildman–Crippen LogP) is 1.95. The molecule has 25 heavy (non-hydrogen) atoms.